The zero-order valence-corrected chi connectivity index (χ0v) is 10.5. The molecule has 4 heteroatoms. The van der Waals surface area contributed by atoms with E-state index in [0.29, 0.717) is 6.42 Å². The first-order chi connectivity index (χ1) is 7.54. The van der Waals surface area contributed by atoms with E-state index in [9.17, 15) is 9.90 Å². The molecule has 0 aromatic rings. The van der Waals surface area contributed by atoms with Gasteiger partial charge in [0.2, 0.25) is 0 Å². The lowest BCUT2D eigenvalue weighted by atomic mass is 9.95. The smallest absolute Gasteiger partial charge is 0.323 e. The molecular formula is C12H23NO3. The van der Waals surface area contributed by atoms with Crippen LogP contribution >= 0.6 is 0 Å². The summed E-state index contributed by atoms with van der Waals surface area (Å²) in [5, 5.41) is 9.33. The van der Waals surface area contributed by atoms with E-state index in [2.05, 4.69) is 0 Å². The van der Waals surface area contributed by atoms with Crippen LogP contribution in [0, 0.1) is 0 Å². The number of carboxylic acids is 1. The first-order valence-corrected chi connectivity index (χ1v) is 6.14. The molecule has 1 N–H and O–H groups in total. The average Bonchev–Trinajstić information content (AvgIpc) is 2.77. The van der Waals surface area contributed by atoms with Crippen molar-refractivity contribution in [3.8, 4) is 0 Å². The first kappa shape index (κ1) is 13.5. The summed E-state index contributed by atoms with van der Waals surface area (Å²) in [6.45, 7) is 8.02. The summed E-state index contributed by atoms with van der Waals surface area (Å²) in [4.78, 5) is 13.4. The molecule has 0 amide bonds. The second kappa shape index (κ2) is 5.64. The van der Waals surface area contributed by atoms with Crippen LogP contribution in [0.15, 0.2) is 0 Å². The Hall–Kier alpha value is -0.610. The van der Waals surface area contributed by atoms with Gasteiger partial charge in [-0.1, -0.05) is 13.8 Å². The van der Waals surface area contributed by atoms with Crippen LogP contribution in [0.25, 0.3) is 0 Å². The summed E-state index contributed by atoms with van der Waals surface area (Å²) in [7, 11) is 0. The van der Waals surface area contributed by atoms with Gasteiger partial charge in [0.25, 0.3) is 0 Å². The number of carboxylic acid groups (broad SMARTS) is 1. The lowest BCUT2D eigenvalue weighted by Crippen LogP contribution is -2.54. The molecule has 94 valence electrons. The lowest BCUT2D eigenvalue weighted by Gasteiger charge is -2.37. The summed E-state index contributed by atoms with van der Waals surface area (Å²) in [5.74, 6) is -0.741. The minimum absolute atomic E-state index is 0.213. The van der Waals surface area contributed by atoms with Crippen molar-refractivity contribution in [2.45, 2.75) is 51.7 Å². The third-order valence-electron chi connectivity index (χ3n) is 3.68. The van der Waals surface area contributed by atoms with E-state index in [1.807, 2.05) is 18.7 Å². The molecular weight excluding hydrogens is 206 g/mol. The summed E-state index contributed by atoms with van der Waals surface area (Å²) < 4.78 is 5.57. The summed E-state index contributed by atoms with van der Waals surface area (Å²) >= 11 is 0. The highest BCUT2D eigenvalue weighted by molar-refractivity contribution is 5.78. The van der Waals surface area contributed by atoms with Gasteiger partial charge in [0.1, 0.15) is 5.54 Å². The van der Waals surface area contributed by atoms with Crippen molar-refractivity contribution >= 4 is 5.97 Å². The summed E-state index contributed by atoms with van der Waals surface area (Å²) in [6, 6.07) is 0. The highest BCUT2D eigenvalue weighted by Crippen LogP contribution is 2.23. The van der Waals surface area contributed by atoms with E-state index in [4.69, 9.17) is 4.74 Å². The monoisotopic (exact) mass is 229 g/mol. The number of carbonyl (C=O) groups is 1. The maximum atomic E-state index is 11.3. The highest BCUT2D eigenvalue weighted by Gasteiger charge is 2.38. The van der Waals surface area contributed by atoms with E-state index in [-0.39, 0.29) is 6.10 Å². The Morgan fingerprint density at radius 3 is 2.62 bits per heavy atom. The molecule has 2 atom stereocenters. The molecule has 1 heterocycles. The fourth-order valence-electron chi connectivity index (χ4n) is 2.22. The fourth-order valence-corrected chi connectivity index (χ4v) is 2.22. The van der Waals surface area contributed by atoms with E-state index in [0.717, 1.165) is 32.5 Å². The third kappa shape index (κ3) is 2.74. The molecule has 1 saturated heterocycles. The molecule has 1 fully saturated rings. The van der Waals surface area contributed by atoms with Crippen molar-refractivity contribution in [1.82, 2.24) is 4.90 Å². The zero-order valence-electron chi connectivity index (χ0n) is 10.5. The molecule has 0 aliphatic carbocycles. The van der Waals surface area contributed by atoms with Crippen molar-refractivity contribution in [3.05, 3.63) is 0 Å². The molecule has 2 unspecified atom stereocenters. The number of hydrogen-bond acceptors (Lipinski definition) is 3. The van der Waals surface area contributed by atoms with E-state index in [1.165, 1.54) is 0 Å². The van der Waals surface area contributed by atoms with Gasteiger partial charge in [0, 0.05) is 13.2 Å². The van der Waals surface area contributed by atoms with Gasteiger partial charge in [-0.15, -0.1) is 0 Å². The number of nitrogens with zero attached hydrogens (tertiary/aromatic N) is 1. The molecule has 1 rings (SSSR count). The van der Waals surface area contributed by atoms with Gasteiger partial charge < -0.3 is 9.84 Å². The van der Waals surface area contributed by atoms with Gasteiger partial charge in [-0.25, -0.2) is 0 Å². The maximum Gasteiger partial charge on any atom is 0.323 e. The van der Waals surface area contributed by atoms with Gasteiger partial charge in [0.15, 0.2) is 0 Å². The van der Waals surface area contributed by atoms with Crippen LogP contribution in [-0.2, 0) is 9.53 Å². The van der Waals surface area contributed by atoms with Crippen LogP contribution in [-0.4, -0.2) is 47.3 Å². The normalized spacial score (nSPS) is 24.6. The van der Waals surface area contributed by atoms with Crippen molar-refractivity contribution in [1.29, 1.82) is 0 Å². The Labute approximate surface area is 97.6 Å². The molecule has 1 aliphatic rings. The second-order valence-electron chi connectivity index (χ2n) is 4.61. The predicted molar refractivity (Wildman–Crippen MR) is 62.6 cm³/mol. The molecule has 16 heavy (non-hydrogen) atoms. The first-order valence-electron chi connectivity index (χ1n) is 6.14. The topological polar surface area (TPSA) is 49.8 Å². The molecule has 0 aromatic heterocycles. The lowest BCUT2D eigenvalue weighted by molar-refractivity contribution is -0.151. The van der Waals surface area contributed by atoms with Crippen LogP contribution < -0.4 is 0 Å². The summed E-state index contributed by atoms with van der Waals surface area (Å²) in [6.07, 6.45) is 2.97. The van der Waals surface area contributed by atoms with Crippen LogP contribution in [0.5, 0.6) is 0 Å². The SMILES string of the molecule is CCN(CC1CCCO1)C(C)(CC)C(=O)O. The van der Waals surface area contributed by atoms with Crippen molar-refractivity contribution in [2.24, 2.45) is 0 Å². The molecule has 4 nitrogen and oxygen atoms in total. The molecule has 0 bridgehead atoms. The fraction of sp³-hybridized carbons (Fsp3) is 0.917. The van der Waals surface area contributed by atoms with Crippen LogP contribution in [0.2, 0.25) is 0 Å². The Morgan fingerprint density at radius 2 is 2.25 bits per heavy atom. The van der Waals surface area contributed by atoms with Crippen LogP contribution in [0.3, 0.4) is 0 Å². The number of ether oxygens (including phenoxy) is 1. The maximum absolute atomic E-state index is 11.3. The van der Waals surface area contributed by atoms with Gasteiger partial charge in [-0.05, 0) is 32.7 Å². The molecule has 0 radical (unpaired) electrons. The predicted octanol–water partition coefficient (Wildman–Crippen LogP) is 1.74. The van der Waals surface area contributed by atoms with Gasteiger partial charge in [-0.3, -0.25) is 9.69 Å². The largest absolute Gasteiger partial charge is 0.480 e. The van der Waals surface area contributed by atoms with Crippen molar-refractivity contribution in [3.63, 3.8) is 0 Å². The minimum atomic E-state index is -0.763. The number of hydrogen-bond donors (Lipinski definition) is 1. The Morgan fingerprint density at radius 1 is 1.56 bits per heavy atom. The minimum Gasteiger partial charge on any atom is -0.480 e. The number of aliphatic carboxylic acids is 1. The summed E-state index contributed by atoms with van der Waals surface area (Å²) in [5.41, 5.74) is -0.763. The quantitative estimate of drug-likeness (QED) is 0.753. The average molecular weight is 229 g/mol. The molecule has 1 aliphatic heterocycles. The zero-order chi connectivity index (χ0) is 12.2. The third-order valence-corrected chi connectivity index (χ3v) is 3.68. The van der Waals surface area contributed by atoms with Crippen LogP contribution in [0.4, 0.5) is 0 Å². The van der Waals surface area contributed by atoms with Crippen LogP contribution in [0.1, 0.15) is 40.0 Å². The molecule has 0 aromatic carbocycles. The number of likely N-dealkylation sites (N-methyl/N-ethyl adjacent to an activating group) is 1. The molecule has 0 spiro atoms. The van der Waals surface area contributed by atoms with E-state index >= 15 is 0 Å². The van der Waals surface area contributed by atoms with Gasteiger partial charge in [0.05, 0.1) is 6.10 Å². The van der Waals surface area contributed by atoms with E-state index < -0.39 is 11.5 Å². The van der Waals surface area contributed by atoms with Gasteiger partial charge in [-0.2, -0.15) is 0 Å². The standard InChI is InChI=1S/C12H23NO3/c1-4-12(3,11(14)15)13(5-2)9-10-7-6-8-16-10/h10H,4-9H2,1-3H3,(H,14,15). The van der Waals surface area contributed by atoms with E-state index in [1.54, 1.807) is 6.92 Å². The van der Waals surface area contributed by atoms with Gasteiger partial charge >= 0.3 is 5.97 Å². The molecule has 0 saturated carbocycles. The second-order valence-corrected chi connectivity index (χ2v) is 4.61. The Balaban J connectivity index is 2.66. The van der Waals surface area contributed by atoms with Crippen molar-refractivity contribution < 1.29 is 14.6 Å². The highest BCUT2D eigenvalue weighted by atomic mass is 16.5. The number of rotatable bonds is 6. The Bertz CT molecular complexity index is 238. The van der Waals surface area contributed by atoms with Crippen molar-refractivity contribution in [2.75, 3.05) is 19.7 Å². The Kier molecular flexibility index (Phi) is 4.74.